The lowest BCUT2D eigenvalue weighted by Gasteiger charge is -2.12. The zero-order valence-corrected chi connectivity index (χ0v) is 9.90. The van der Waals surface area contributed by atoms with E-state index >= 15 is 0 Å². The first-order valence-electron chi connectivity index (χ1n) is 5.44. The van der Waals surface area contributed by atoms with Crippen molar-refractivity contribution in [1.82, 2.24) is 5.32 Å². The number of benzene rings is 1. The second kappa shape index (κ2) is 4.63. The molecule has 0 spiro atoms. The van der Waals surface area contributed by atoms with Gasteiger partial charge in [-0.15, -0.1) is 0 Å². The molecule has 0 aromatic heterocycles. The van der Waals surface area contributed by atoms with Crippen LogP contribution in [0.4, 0.5) is 0 Å². The molecule has 2 rings (SSSR count). The highest BCUT2D eigenvalue weighted by Crippen LogP contribution is 2.29. The molecule has 1 aromatic carbocycles. The van der Waals surface area contributed by atoms with Gasteiger partial charge in [-0.1, -0.05) is 6.07 Å². The Hall–Kier alpha value is -1.75. The Morgan fingerprint density at radius 3 is 2.29 bits per heavy atom. The Kier molecular flexibility index (Phi) is 3.19. The van der Waals surface area contributed by atoms with Crippen LogP contribution in [0.5, 0.6) is 11.5 Å². The molecule has 0 heterocycles. The highest BCUT2D eigenvalue weighted by atomic mass is 16.5. The van der Waals surface area contributed by atoms with Gasteiger partial charge in [-0.3, -0.25) is 4.79 Å². The maximum absolute atomic E-state index is 12.1. The van der Waals surface area contributed by atoms with Gasteiger partial charge in [0, 0.05) is 12.1 Å². The van der Waals surface area contributed by atoms with Crippen LogP contribution in [0.1, 0.15) is 16.8 Å². The number of methoxy groups -OCH3 is 2. The van der Waals surface area contributed by atoms with E-state index < -0.39 is 0 Å². The zero-order valence-electron chi connectivity index (χ0n) is 9.90. The van der Waals surface area contributed by atoms with Crippen molar-refractivity contribution in [2.45, 2.75) is 18.5 Å². The number of ether oxygens (including phenoxy) is 2. The Bertz CT molecular complexity index is 412. The lowest BCUT2D eigenvalue weighted by Crippen LogP contribution is -2.30. The molecule has 1 amide bonds. The number of rotatable bonds is 4. The summed E-state index contributed by atoms with van der Waals surface area (Å²) in [7, 11) is 3.04. The van der Waals surface area contributed by atoms with E-state index in [1.54, 1.807) is 18.2 Å². The van der Waals surface area contributed by atoms with E-state index in [0.717, 1.165) is 6.42 Å². The molecule has 0 radical (unpaired) electrons. The Balaban J connectivity index is 2.25. The maximum Gasteiger partial charge on any atom is 0.259 e. The summed E-state index contributed by atoms with van der Waals surface area (Å²) in [6, 6.07) is 5.36. The monoisotopic (exact) mass is 236 g/mol. The Morgan fingerprint density at radius 1 is 1.35 bits per heavy atom. The molecule has 0 bridgehead atoms. The van der Waals surface area contributed by atoms with E-state index in [-0.39, 0.29) is 18.0 Å². The summed E-state index contributed by atoms with van der Waals surface area (Å²) in [5, 5.41) is 2.85. The fraction of sp³-hybridized carbons (Fsp3) is 0.417. The Labute approximate surface area is 99.9 Å². The van der Waals surface area contributed by atoms with Crippen LogP contribution >= 0.6 is 0 Å². The van der Waals surface area contributed by atoms with E-state index in [4.69, 9.17) is 15.2 Å². The van der Waals surface area contributed by atoms with Gasteiger partial charge in [0.1, 0.15) is 17.1 Å². The van der Waals surface area contributed by atoms with Crippen LogP contribution in [0.3, 0.4) is 0 Å². The lowest BCUT2D eigenvalue weighted by atomic mass is 10.1. The van der Waals surface area contributed by atoms with E-state index in [0.29, 0.717) is 17.1 Å². The van der Waals surface area contributed by atoms with Crippen LogP contribution < -0.4 is 20.5 Å². The summed E-state index contributed by atoms with van der Waals surface area (Å²) in [5.74, 6) is 0.782. The van der Waals surface area contributed by atoms with Crippen molar-refractivity contribution in [3.63, 3.8) is 0 Å². The average molecular weight is 236 g/mol. The molecule has 0 saturated heterocycles. The van der Waals surface area contributed by atoms with Gasteiger partial charge in [0.25, 0.3) is 5.91 Å². The third kappa shape index (κ3) is 2.34. The quantitative estimate of drug-likeness (QED) is 0.800. The van der Waals surface area contributed by atoms with E-state index in [9.17, 15) is 4.79 Å². The van der Waals surface area contributed by atoms with E-state index in [2.05, 4.69) is 5.32 Å². The average Bonchev–Trinajstić information content (AvgIpc) is 3.03. The van der Waals surface area contributed by atoms with Crippen molar-refractivity contribution in [3.8, 4) is 11.5 Å². The van der Waals surface area contributed by atoms with Crippen molar-refractivity contribution in [1.29, 1.82) is 0 Å². The number of carbonyl (C=O) groups excluding carboxylic acids is 1. The number of carbonyl (C=O) groups is 1. The first-order valence-corrected chi connectivity index (χ1v) is 5.44. The van der Waals surface area contributed by atoms with Gasteiger partial charge in [-0.25, -0.2) is 0 Å². The maximum atomic E-state index is 12.1. The third-order valence-electron chi connectivity index (χ3n) is 2.81. The first kappa shape index (κ1) is 11.7. The predicted octanol–water partition coefficient (Wildman–Crippen LogP) is 0.533. The highest BCUT2D eigenvalue weighted by molar-refractivity contribution is 6.00. The zero-order chi connectivity index (χ0) is 12.4. The summed E-state index contributed by atoms with van der Waals surface area (Å²) < 4.78 is 10.3. The van der Waals surface area contributed by atoms with Gasteiger partial charge in [0.15, 0.2) is 0 Å². The van der Waals surface area contributed by atoms with Crippen LogP contribution in [-0.4, -0.2) is 32.2 Å². The van der Waals surface area contributed by atoms with Crippen LogP contribution in [-0.2, 0) is 0 Å². The van der Waals surface area contributed by atoms with Gasteiger partial charge in [-0.05, 0) is 18.6 Å². The summed E-state index contributed by atoms with van der Waals surface area (Å²) in [6.07, 6.45) is 0.823. The van der Waals surface area contributed by atoms with E-state index in [1.165, 1.54) is 14.2 Å². The summed E-state index contributed by atoms with van der Waals surface area (Å²) in [6.45, 7) is 0. The molecule has 5 heteroatoms. The van der Waals surface area contributed by atoms with Crippen molar-refractivity contribution in [2.75, 3.05) is 14.2 Å². The van der Waals surface area contributed by atoms with Crippen molar-refractivity contribution >= 4 is 5.91 Å². The predicted molar refractivity (Wildman–Crippen MR) is 63.4 cm³/mol. The molecule has 1 saturated carbocycles. The first-order chi connectivity index (χ1) is 8.17. The molecule has 2 unspecified atom stereocenters. The molecular weight excluding hydrogens is 220 g/mol. The highest BCUT2D eigenvalue weighted by Gasteiger charge is 2.35. The molecule has 0 aliphatic heterocycles. The number of amides is 1. The Morgan fingerprint density at radius 2 is 1.88 bits per heavy atom. The van der Waals surface area contributed by atoms with Crippen molar-refractivity contribution < 1.29 is 14.3 Å². The number of hydrogen-bond donors (Lipinski definition) is 2. The summed E-state index contributed by atoms with van der Waals surface area (Å²) in [4.78, 5) is 12.1. The lowest BCUT2D eigenvalue weighted by molar-refractivity contribution is 0.0944. The van der Waals surface area contributed by atoms with E-state index in [1.807, 2.05) is 0 Å². The van der Waals surface area contributed by atoms with Gasteiger partial charge in [0.05, 0.1) is 14.2 Å². The number of hydrogen-bond acceptors (Lipinski definition) is 4. The van der Waals surface area contributed by atoms with Crippen molar-refractivity contribution in [3.05, 3.63) is 23.8 Å². The minimum Gasteiger partial charge on any atom is -0.496 e. The molecule has 5 nitrogen and oxygen atoms in total. The van der Waals surface area contributed by atoms with Crippen LogP contribution in [0.2, 0.25) is 0 Å². The summed E-state index contributed by atoms with van der Waals surface area (Å²) in [5.41, 5.74) is 6.07. The smallest absolute Gasteiger partial charge is 0.259 e. The standard InChI is InChI=1S/C12H16N2O3/c1-16-9-4-3-5-10(17-2)11(9)12(15)14-8-6-7(8)13/h3-5,7-8H,6,13H2,1-2H3,(H,14,15). The third-order valence-corrected chi connectivity index (χ3v) is 2.81. The van der Waals surface area contributed by atoms with Crippen LogP contribution in [0.15, 0.2) is 18.2 Å². The molecule has 1 aliphatic rings. The number of nitrogens with two attached hydrogens (primary N) is 1. The SMILES string of the molecule is COc1cccc(OC)c1C(=O)NC1CC1N. The van der Waals surface area contributed by atoms with Crippen LogP contribution in [0, 0.1) is 0 Å². The van der Waals surface area contributed by atoms with Gasteiger partial charge < -0.3 is 20.5 Å². The van der Waals surface area contributed by atoms with Crippen LogP contribution in [0.25, 0.3) is 0 Å². The fourth-order valence-electron chi connectivity index (χ4n) is 1.70. The molecular formula is C12H16N2O3. The second-order valence-corrected chi connectivity index (χ2v) is 4.02. The van der Waals surface area contributed by atoms with Gasteiger partial charge >= 0.3 is 0 Å². The minimum absolute atomic E-state index is 0.0668. The molecule has 1 fully saturated rings. The summed E-state index contributed by atoms with van der Waals surface area (Å²) >= 11 is 0. The normalized spacial score (nSPS) is 21.8. The molecule has 1 aliphatic carbocycles. The second-order valence-electron chi connectivity index (χ2n) is 4.02. The van der Waals surface area contributed by atoms with Gasteiger partial charge in [-0.2, -0.15) is 0 Å². The van der Waals surface area contributed by atoms with Crippen molar-refractivity contribution in [2.24, 2.45) is 5.73 Å². The minimum atomic E-state index is -0.211. The molecule has 17 heavy (non-hydrogen) atoms. The molecule has 2 atom stereocenters. The molecule has 92 valence electrons. The molecule has 1 aromatic rings. The largest absolute Gasteiger partial charge is 0.496 e. The van der Waals surface area contributed by atoms with Gasteiger partial charge in [0.2, 0.25) is 0 Å². The topological polar surface area (TPSA) is 73.6 Å². The molecule has 3 N–H and O–H groups in total. The fourth-order valence-corrected chi connectivity index (χ4v) is 1.70. The number of nitrogens with one attached hydrogen (secondary N) is 1.